The van der Waals surface area contributed by atoms with Gasteiger partial charge in [0.25, 0.3) is 0 Å². The third-order valence-electron chi connectivity index (χ3n) is 16.3. The molecule has 0 aliphatic heterocycles. The third kappa shape index (κ3) is 67.6. The minimum absolute atomic E-state index is 0.0974. The monoisotopic (exact) mass is 1370 g/mol. The van der Waals surface area contributed by atoms with E-state index in [9.17, 15) is 43.2 Å². The topological polar surface area (TPSA) is 237 Å². The van der Waals surface area contributed by atoms with E-state index in [1.165, 1.54) is 128 Å². The molecule has 0 spiro atoms. The zero-order valence-electron chi connectivity index (χ0n) is 59.9. The van der Waals surface area contributed by atoms with Crippen LogP contribution in [0.4, 0.5) is 0 Å². The summed E-state index contributed by atoms with van der Waals surface area (Å²) in [5.74, 6) is -2.17. The van der Waals surface area contributed by atoms with Crippen molar-refractivity contribution in [3.63, 3.8) is 0 Å². The maximum atomic E-state index is 13.1. The number of carbonyl (C=O) groups is 4. The van der Waals surface area contributed by atoms with Crippen LogP contribution in [0.15, 0.2) is 48.6 Å². The fourth-order valence-electron chi connectivity index (χ4n) is 10.5. The number of unbranched alkanes of at least 4 members (excludes halogenated alkanes) is 38. The van der Waals surface area contributed by atoms with Crippen LogP contribution in [-0.2, 0) is 65.4 Å². The molecule has 0 radical (unpaired) electrons. The van der Waals surface area contributed by atoms with Gasteiger partial charge >= 0.3 is 39.5 Å². The Bertz CT molecular complexity index is 1980. The summed E-state index contributed by atoms with van der Waals surface area (Å²) in [4.78, 5) is 72.7. The second-order valence-electron chi connectivity index (χ2n) is 25.6. The molecule has 0 heterocycles. The van der Waals surface area contributed by atoms with E-state index >= 15 is 0 Å². The van der Waals surface area contributed by atoms with Gasteiger partial charge in [-0.2, -0.15) is 0 Å². The van der Waals surface area contributed by atoms with Gasteiger partial charge in [-0.25, -0.2) is 9.13 Å². The van der Waals surface area contributed by atoms with Crippen LogP contribution >= 0.6 is 15.6 Å². The van der Waals surface area contributed by atoms with Crippen LogP contribution < -0.4 is 0 Å². The molecule has 0 aliphatic carbocycles. The second-order valence-corrected chi connectivity index (χ2v) is 28.5. The zero-order valence-corrected chi connectivity index (χ0v) is 61.7. The Kier molecular flexibility index (Phi) is 66.4. The van der Waals surface area contributed by atoms with Gasteiger partial charge in [0.1, 0.15) is 19.3 Å². The Morgan fingerprint density at radius 2 is 0.553 bits per heavy atom. The van der Waals surface area contributed by atoms with Gasteiger partial charge in [-0.1, -0.05) is 288 Å². The fourth-order valence-corrected chi connectivity index (χ4v) is 12.1. The van der Waals surface area contributed by atoms with Crippen LogP contribution in [0, 0.1) is 0 Å². The number of aliphatic hydroxyl groups excluding tert-OH is 1. The molecule has 550 valence electrons. The number of hydrogen-bond donors (Lipinski definition) is 3. The summed E-state index contributed by atoms with van der Waals surface area (Å²) in [7, 11) is -9.93. The van der Waals surface area contributed by atoms with E-state index in [1.807, 2.05) is 0 Å². The van der Waals surface area contributed by atoms with Gasteiger partial charge in [0, 0.05) is 25.7 Å². The number of phosphoric acid groups is 2. The summed E-state index contributed by atoms with van der Waals surface area (Å²) in [5, 5.41) is 10.6. The van der Waals surface area contributed by atoms with E-state index in [-0.39, 0.29) is 25.7 Å². The maximum absolute atomic E-state index is 13.1. The number of esters is 4. The van der Waals surface area contributed by atoms with Gasteiger partial charge in [-0.05, 0) is 83.5 Å². The lowest BCUT2D eigenvalue weighted by atomic mass is 10.0. The number of phosphoric ester groups is 2. The Balaban J connectivity index is 5.29. The lowest BCUT2D eigenvalue weighted by Gasteiger charge is -2.21. The van der Waals surface area contributed by atoms with Crippen molar-refractivity contribution in [2.75, 3.05) is 39.6 Å². The van der Waals surface area contributed by atoms with Crippen molar-refractivity contribution in [2.24, 2.45) is 0 Å². The molecular weight excluding hydrogens is 1230 g/mol. The Morgan fingerprint density at radius 1 is 0.309 bits per heavy atom. The van der Waals surface area contributed by atoms with Crippen molar-refractivity contribution in [1.29, 1.82) is 0 Å². The number of allylic oxidation sites excluding steroid dienone is 8. The first-order valence-electron chi connectivity index (χ1n) is 37.9. The predicted octanol–water partition coefficient (Wildman–Crippen LogP) is 21.3. The highest BCUT2D eigenvalue weighted by molar-refractivity contribution is 7.47. The van der Waals surface area contributed by atoms with Crippen molar-refractivity contribution in [3.8, 4) is 0 Å². The fraction of sp³-hybridized carbons (Fsp3) is 0.840. The first-order valence-corrected chi connectivity index (χ1v) is 40.9. The molecule has 0 amide bonds. The third-order valence-corrected chi connectivity index (χ3v) is 18.2. The minimum atomic E-state index is -4.96. The summed E-state index contributed by atoms with van der Waals surface area (Å²) < 4.78 is 68.4. The summed E-state index contributed by atoms with van der Waals surface area (Å²) in [5.41, 5.74) is 0. The first-order chi connectivity index (χ1) is 45.7. The number of rotatable bonds is 72. The maximum Gasteiger partial charge on any atom is 0.472 e. The van der Waals surface area contributed by atoms with E-state index in [0.29, 0.717) is 25.7 Å². The van der Waals surface area contributed by atoms with Gasteiger partial charge < -0.3 is 33.8 Å². The second kappa shape index (κ2) is 68.5. The molecule has 0 rings (SSSR count). The highest BCUT2D eigenvalue weighted by Crippen LogP contribution is 2.45. The molecule has 0 aromatic heterocycles. The number of hydrogen-bond acceptors (Lipinski definition) is 15. The van der Waals surface area contributed by atoms with Crippen molar-refractivity contribution in [3.05, 3.63) is 48.6 Å². The summed E-state index contributed by atoms with van der Waals surface area (Å²) in [6.45, 7) is 4.78. The van der Waals surface area contributed by atoms with E-state index in [1.54, 1.807) is 0 Å². The first kappa shape index (κ1) is 91.0. The largest absolute Gasteiger partial charge is 0.472 e. The summed E-state index contributed by atoms with van der Waals surface area (Å²) >= 11 is 0. The van der Waals surface area contributed by atoms with Crippen molar-refractivity contribution in [2.45, 2.75) is 367 Å². The van der Waals surface area contributed by atoms with Crippen molar-refractivity contribution < 1.29 is 80.2 Å². The van der Waals surface area contributed by atoms with Crippen molar-refractivity contribution >= 4 is 39.5 Å². The molecule has 5 atom stereocenters. The van der Waals surface area contributed by atoms with E-state index in [4.69, 9.17) is 37.0 Å². The SMILES string of the molecule is CC/C=C\C/C=C\C/C=C\CCCCCCCC(=O)OCC(COP(=O)(O)OCC(O)COP(=O)(O)OCC(COC(=O)CCCCCCC/C=C\CCCCCCCC)OC(=O)CCCCCCCCCCCCCCC)OC(=O)CCCCCCCCCCCCC. The Labute approximate surface area is 572 Å². The average Bonchev–Trinajstić information content (AvgIpc) is 1.35. The molecule has 0 fully saturated rings. The molecular formula is C75H138O17P2. The number of aliphatic hydroxyl groups is 1. The standard InChI is InChI=1S/C75H138O17P2/c1-5-9-13-17-21-25-29-32-34-37-40-43-47-51-55-59-72(77)85-65-70(91-74(79)61-57-53-49-45-39-28-24-20-16-12-8-4)67-89-93(81,82)87-63-69(76)64-88-94(83,84)90-68-71(92-75(80)62-58-54-50-46-42-36-31-27-23-19-15-11-7-3)66-86-73(78)60-56-52-48-44-41-38-35-33-30-26-22-18-14-10-6-2/h9,13,21,25,32-35,69-71,76H,5-8,10-12,14-20,22-24,26-31,36-68H2,1-4H3,(H,81,82)(H,83,84)/b13-9-,25-21-,34-32-,35-33-. The molecule has 0 saturated carbocycles. The van der Waals surface area contributed by atoms with Crippen LogP contribution in [0.5, 0.6) is 0 Å². The van der Waals surface area contributed by atoms with Crippen LogP contribution in [0.3, 0.4) is 0 Å². The smallest absolute Gasteiger partial charge is 0.462 e. The molecule has 0 saturated heterocycles. The van der Waals surface area contributed by atoms with Gasteiger partial charge in [0.15, 0.2) is 12.2 Å². The zero-order chi connectivity index (χ0) is 69.0. The quantitative estimate of drug-likeness (QED) is 0.0169. The van der Waals surface area contributed by atoms with E-state index < -0.39 is 97.5 Å². The Morgan fingerprint density at radius 3 is 0.862 bits per heavy atom. The van der Waals surface area contributed by atoms with Crippen LogP contribution in [0.25, 0.3) is 0 Å². The molecule has 19 heteroatoms. The molecule has 17 nitrogen and oxygen atoms in total. The lowest BCUT2D eigenvalue weighted by molar-refractivity contribution is -0.161. The van der Waals surface area contributed by atoms with Crippen molar-refractivity contribution in [1.82, 2.24) is 0 Å². The molecule has 0 bridgehead atoms. The van der Waals surface area contributed by atoms with E-state index in [0.717, 1.165) is 141 Å². The van der Waals surface area contributed by atoms with Crippen LogP contribution in [-0.4, -0.2) is 96.7 Å². The average molecular weight is 1370 g/mol. The van der Waals surface area contributed by atoms with Gasteiger partial charge in [-0.15, -0.1) is 0 Å². The van der Waals surface area contributed by atoms with Crippen LogP contribution in [0.2, 0.25) is 0 Å². The highest BCUT2D eigenvalue weighted by Gasteiger charge is 2.30. The van der Waals surface area contributed by atoms with Gasteiger partial charge in [0.2, 0.25) is 0 Å². The lowest BCUT2D eigenvalue weighted by Crippen LogP contribution is -2.30. The molecule has 0 aromatic carbocycles. The Hall–Kier alpha value is -2.98. The number of ether oxygens (including phenoxy) is 4. The highest BCUT2D eigenvalue weighted by atomic mass is 31.2. The normalized spacial score (nSPS) is 14.2. The minimum Gasteiger partial charge on any atom is -0.462 e. The van der Waals surface area contributed by atoms with Crippen LogP contribution in [0.1, 0.15) is 349 Å². The molecule has 5 unspecified atom stereocenters. The van der Waals surface area contributed by atoms with Gasteiger partial charge in [0.05, 0.1) is 26.4 Å². The summed E-state index contributed by atoms with van der Waals surface area (Å²) in [6, 6.07) is 0. The molecule has 94 heavy (non-hydrogen) atoms. The molecule has 3 N–H and O–H groups in total. The van der Waals surface area contributed by atoms with Gasteiger partial charge in [-0.3, -0.25) is 37.3 Å². The predicted molar refractivity (Wildman–Crippen MR) is 381 cm³/mol. The van der Waals surface area contributed by atoms with E-state index in [2.05, 4.69) is 76.3 Å². The summed E-state index contributed by atoms with van der Waals surface area (Å²) in [6.07, 6.45) is 63.9. The molecule has 0 aromatic rings. The molecule has 0 aliphatic rings. The number of carbonyl (C=O) groups excluding carboxylic acids is 4.